The number of rotatable bonds is 5. The lowest BCUT2D eigenvalue weighted by molar-refractivity contribution is -0.192. The van der Waals surface area contributed by atoms with E-state index in [0.29, 0.717) is 13.2 Å². The molecule has 100 valence electrons. The van der Waals surface area contributed by atoms with Crippen LogP contribution in [0.5, 0.6) is 0 Å². The van der Waals surface area contributed by atoms with Gasteiger partial charge in [0.25, 0.3) is 5.91 Å². The number of amides is 1. The first-order valence-corrected chi connectivity index (χ1v) is 5.23. The second kappa shape index (κ2) is 6.18. The van der Waals surface area contributed by atoms with Crippen molar-refractivity contribution in [2.45, 2.75) is 19.1 Å². The van der Waals surface area contributed by atoms with Gasteiger partial charge in [-0.05, 0) is 6.54 Å². The van der Waals surface area contributed by atoms with Crippen LogP contribution in [0.3, 0.4) is 0 Å². The molecule has 1 aliphatic heterocycles. The SMILES string of the molecule is CCNC1COCC1C(=O)NOCC(F)(F)F. The third kappa shape index (κ3) is 4.88. The average molecular weight is 256 g/mol. The summed E-state index contributed by atoms with van der Waals surface area (Å²) in [6.45, 7) is 1.57. The van der Waals surface area contributed by atoms with Gasteiger partial charge in [0, 0.05) is 6.04 Å². The maximum atomic E-state index is 11.8. The number of alkyl halides is 3. The van der Waals surface area contributed by atoms with Crippen LogP contribution < -0.4 is 10.8 Å². The average Bonchev–Trinajstić information content (AvgIpc) is 2.64. The molecule has 0 radical (unpaired) electrons. The van der Waals surface area contributed by atoms with Gasteiger partial charge in [-0.1, -0.05) is 6.92 Å². The van der Waals surface area contributed by atoms with Gasteiger partial charge < -0.3 is 10.1 Å². The van der Waals surface area contributed by atoms with E-state index in [2.05, 4.69) is 10.2 Å². The predicted molar refractivity (Wildman–Crippen MR) is 51.9 cm³/mol. The van der Waals surface area contributed by atoms with Crippen molar-refractivity contribution >= 4 is 5.91 Å². The smallest absolute Gasteiger partial charge is 0.379 e. The van der Waals surface area contributed by atoms with E-state index in [1.165, 1.54) is 0 Å². The van der Waals surface area contributed by atoms with Crippen molar-refractivity contribution < 1.29 is 27.5 Å². The Morgan fingerprint density at radius 1 is 1.47 bits per heavy atom. The molecule has 0 bridgehead atoms. The van der Waals surface area contributed by atoms with Crippen molar-refractivity contribution in [3.05, 3.63) is 0 Å². The summed E-state index contributed by atoms with van der Waals surface area (Å²) in [5.41, 5.74) is 1.79. The van der Waals surface area contributed by atoms with E-state index in [-0.39, 0.29) is 12.6 Å². The molecule has 1 heterocycles. The molecule has 5 nitrogen and oxygen atoms in total. The Bertz CT molecular complexity index is 260. The Balaban J connectivity index is 2.31. The van der Waals surface area contributed by atoms with Crippen LogP contribution >= 0.6 is 0 Å². The minimum Gasteiger partial charge on any atom is -0.379 e. The number of carbonyl (C=O) groups excluding carboxylic acids is 1. The van der Waals surface area contributed by atoms with E-state index in [4.69, 9.17) is 4.74 Å². The first-order valence-electron chi connectivity index (χ1n) is 5.23. The number of nitrogens with one attached hydrogen (secondary N) is 2. The van der Waals surface area contributed by atoms with Crippen molar-refractivity contribution in [3.8, 4) is 0 Å². The Morgan fingerprint density at radius 3 is 2.76 bits per heavy atom. The molecule has 2 unspecified atom stereocenters. The van der Waals surface area contributed by atoms with Crippen LogP contribution in [0.15, 0.2) is 0 Å². The zero-order valence-electron chi connectivity index (χ0n) is 9.34. The summed E-state index contributed by atoms with van der Waals surface area (Å²) in [5, 5.41) is 3.02. The molecule has 0 aliphatic carbocycles. The Hall–Kier alpha value is -0.860. The molecular formula is C9H15F3N2O3. The number of hydroxylamine groups is 1. The molecule has 1 fully saturated rings. The molecule has 0 aromatic carbocycles. The topological polar surface area (TPSA) is 59.6 Å². The molecule has 1 saturated heterocycles. The molecule has 2 N–H and O–H groups in total. The maximum absolute atomic E-state index is 11.8. The zero-order chi connectivity index (χ0) is 12.9. The lowest BCUT2D eigenvalue weighted by Gasteiger charge is -2.17. The second-order valence-electron chi connectivity index (χ2n) is 3.68. The minimum absolute atomic E-state index is 0.179. The van der Waals surface area contributed by atoms with E-state index in [9.17, 15) is 18.0 Å². The molecule has 8 heteroatoms. The summed E-state index contributed by atoms with van der Waals surface area (Å²) < 4.78 is 40.4. The molecule has 1 rings (SSSR count). The fourth-order valence-corrected chi connectivity index (χ4v) is 1.54. The molecule has 17 heavy (non-hydrogen) atoms. The lowest BCUT2D eigenvalue weighted by Crippen LogP contribution is -2.44. The predicted octanol–water partition coefficient (Wildman–Crippen LogP) is 0.221. The Morgan fingerprint density at radius 2 is 2.18 bits per heavy atom. The standard InChI is InChI=1S/C9H15F3N2O3/c1-2-13-7-4-16-3-6(7)8(15)14-17-5-9(10,11)12/h6-7,13H,2-5H2,1H3,(H,14,15). The molecule has 1 amide bonds. The summed E-state index contributed by atoms with van der Waals surface area (Å²) in [6.07, 6.45) is -4.46. The normalized spacial score (nSPS) is 24.9. The second-order valence-corrected chi connectivity index (χ2v) is 3.68. The summed E-state index contributed by atoms with van der Waals surface area (Å²) >= 11 is 0. The van der Waals surface area contributed by atoms with E-state index in [0.717, 1.165) is 0 Å². The van der Waals surface area contributed by atoms with Crippen LogP contribution in [0.2, 0.25) is 0 Å². The molecular weight excluding hydrogens is 241 g/mol. The minimum atomic E-state index is -4.46. The first kappa shape index (κ1) is 14.2. The quantitative estimate of drug-likeness (QED) is 0.691. The number of halogens is 3. The summed E-state index contributed by atoms with van der Waals surface area (Å²) in [5.74, 6) is -1.12. The summed E-state index contributed by atoms with van der Waals surface area (Å²) in [7, 11) is 0. The Kier molecular flexibility index (Phi) is 5.16. The van der Waals surface area contributed by atoms with Crippen LogP contribution in [0, 0.1) is 5.92 Å². The van der Waals surface area contributed by atoms with E-state index in [1.807, 2.05) is 6.92 Å². The van der Waals surface area contributed by atoms with Crippen molar-refractivity contribution in [2.24, 2.45) is 5.92 Å². The maximum Gasteiger partial charge on any atom is 0.414 e. The number of carbonyl (C=O) groups is 1. The van der Waals surface area contributed by atoms with Gasteiger partial charge in [-0.3, -0.25) is 9.63 Å². The molecule has 0 aromatic heterocycles. The largest absolute Gasteiger partial charge is 0.414 e. The van der Waals surface area contributed by atoms with Gasteiger partial charge in [-0.15, -0.1) is 0 Å². The highest BCUT2D eigenvalue weighted by Crippen LogP contribution is 2.15. The van der Waals surface area contributed by atoms with Crippen LogP contribution in [-0.4, -0.2) is 44.5 Å². The van der Waals surface area contributed by atoms with Crippen molar-refractivity contribution in [2.75, 3.05) is 26.4 Å². The van der Waals surface area contributed by atoms with E-state index < -0.39 is 24.6 Å². The first-order chi connectivity index (χ1) is 7.94. The van der Waals surface area contributed by atoms with Gasteiger partial charge in [-0.25, -0.2) is 5.48 Å². The number of ether oxygens (including phenoxy) is 1. The van der Waals surface area contributed by atoms with Gasteiger partial charge >= 0.3 is 6.18 Å². The number of likely N-dealkylation sites (N-methyl/N-ethyl adjacent to an activating group) is 1. The highest BCUT2D eigenvalue weighted by atomic mass is 19.4. The molecule has 0 saturated carbocycles. The van der Waals surface area contributed by atoms with Crippen LogP contribution in [-0.2, 0) is 14.4 Å². The third-order valence-corrected chi connectivity index (χ3v) is 2.29. The van der Waals surface area contributed by atoms with Crippen LogP contribution in [0.4, 0.5) is 13.2 Å². The lowest BCUT2D eigenvalue weighted by atomic mass is 10.0. The van der Waals surface area contributed by atoms with Gasteiger partial charge in [0.15, 0.2) is 6.61 Å². The van der Waals surface area contributed by atoms with Crippen LogP contribution in [0.25, 0.3) is 0 Å². The Labute approximate surface area is 96.6 Å². The highest BCUT2D eigenvalue weighted by Gasteiger charge is 2.34. The summed E-state index contributed by atoms with van der Waals surface area (Å²) in [4.78, 5) is 15.6. The van der Waals surface area contributed by atoms with E-state index >= 15 is 0 Å². The van der Waals surface area contributed by atoms with Crippen molar-refractivity contribution in [1.82, 2.24) is 10.8 Å². The van der Waals surface area contributed by atoms with Crippen molar-refractivity contribution in [3.63, 3.8) is 0 Å². The van der Waals surface area contributed by atoms with Crippen molar-refractivity contribution in [1.29, 1.82) is 0 Å². The molecule has 1 aliphatic rings. The number of hydrogen-bond donors (Lipinski definition) is 2. The monoisotopic (exact) mass is 256 g/mol. The molecule has 0 spiro atoms. The number of hydrogen-bond acceptors (Lipinski definition) is 4. The van der Waals surface area contributed by atoms with Gasteiger partial charge in [0.05, 0.1) is 19.1 Å². The zero-order valence-corrected chi connectivity index (χ0v) is 9.34. The third-order valence-electron chi connectivity index (χ3n) is 2.29. The molecule has 0 aromatic rings. The van der Waals surface area contributed by atoms with Crippen LogP contribution in [0.1, 0.15) is 6.92 Å². The summed E-state index contributed by atoms with van der Waals surface area (Å²) in [6, 6.07) is -0.186. The van der Waals surface area contributed by atoms with Gasteiger partial charge in [0.1, 0.15) is 0 Å². The van der Waals surface area contributed by atoms with E-state index in [1.54, 1.807) is 5.48 Å². The molecule has 2 atom stereocenters. The fraction of sp³-hybridized carbons (Fsp3) is 0.889. The van der Waals surface area contributed by atoms with Gasteiger partial charge in [0.2, 0.25) is 0 Å². The van der Waals surface area contributed by atoms with Gasteiger partial charge in [-0.2, -0.15) is 13.2 Å². The highest BCUT2D eigenvalue weighted by molar-refractivity contribution is 5.78. The fourth-order valence-electron chi connectivity index (χ4n) is 1.54.